The molecule has 1 N–H and O–H groups in total. The van der Waals surface area contributed by atoms with E-state index in [1.165, 1.54) is 0 Å². The molecule has 4 heteroatoms. The molecule has 94 valence electrons. The molecule has 3 nitrogen and oxygen atoms in total. The molecule has 0 aliphatic carbocycles. The van der Waals surface area contributed by atoms with Gasteiger partial charge < -0.3 is 10.0 Å². The summed E-state index contributed by atoms with van der Waals surface area (Å²) in [4.78, 5) is 14.6. The molecule has 1 rings (SSSR count). The molecule has 0 bridgehead atoms. The SMILES string of the molecule is CCCCN(CCO)C(=O)c1cccc(S)c1. The van der Waals surface area contributed by atoms with Gasteiger partial charge >= 0.3 is 0 Å². The van der Waals surface area contributed by atoms with Crippen molar-refractivity contribution in [3.05, 3.63) is 29.8 Å². The lowest BCUT2D eigenvalue weighted by Gasteiger charge is -2.21. The molecule has 0 saturated carbocycles. The van der Waals surface area contributed by atoms with E-state index in [9.17, 15) is 4.79 Å². The third-order valence-electron chi connectivity index (χ3n) is 2.53. The van der Waals surface area contributed by atoms with Crippen molar-refractivity contribution >= 4 is 18.5 Å². The molecule has 1 aromatic rings. The third-order valence-corrected chi connectivity index (χ3v) is 2.81. The van der Waals surface area contributed by atoms with Crippen molar-refractivity contribution in [3.8, 4) is 0 Å². The first kappa shape index (κ1) is 14.1. The fourth-order valence-corrected chi connectivity index (χ4v) is 1.83. The van der Waals surface area contributed by atoms with Crippen LogP contribution in [0.5, 0.6) is 0 Å². The predicted octanol–water partition coefficient (Wildman–Crippen LogP) is 2.21. The summed E-state index contributed by atoms with van der Waals surface area (Å²) in [6, 6.07) is 7.18. The molecule has 1 aromatic carbocycles. The van der Waals surface area contributed by atoms with E-state index in [4.69, 9.17) is 5.11 Å². The number of rotatable bonds is 6. The molecule has 0 radical (unpaired) electrons. The van der Waals surface area contributed by atoms with Crippen molar-refractivity contribution in [2.45, 2.75) is 24.7 Å². The van der Waals surface area contributed by atoms with Crippen LogP contribution >= 0.6 is 12.6 Å². The number of amides is 1. The lowest BCUT2D eigenvalue weighted by atomic mass is 10.2. The number of thiol groups is 1. The highest BCUT2D eigenvalue weighted by Crippen LogP contribution is 2.11. The first-order valence-electron chi connectivity index (χ1n) is 5.88. The molecule has 1 amide bonds. The Morgan fingerprint density at radius 3 is 2.76 bits per heavy atom. The maximum absolute atomic E-state index is 12.2. The normalized spacial score (nSPS) is 10.3. The summed E-state index contributed by atoms with van der Waals surface area (Å²) in [6.45, 7) is 3.15. The summed E-state index contributed by atoms with van der Waals surface area (Å²) >= 11 is 4.22. The summed E-state index contributed by atoms with van der Waals surface area (Å²) in [6.07, 6.45) is 1.98. The number of carbonyl (C=O) groups excluding carboxylic acids is 1. The average Bonchev–Trinajstić information content (AvgIpc) is 2.33. The number of hydrogen-bond donors (Lipinski definition) is 2. The van der Waals surface area contributed by atoms with Crippen molar-refractivity contribution in [2.75, 3.05) is 19.7 Å². The van der Waals surface area contributed by atoms with Gasteiger partial charge in [0.25, 0.3) is 5.91 Å². The lowest BCUT2D eigenvalue weighted by molar-refractivity contribution is 0.0719. The molecule has 17 heavy (non-hydrogen) atoms. The van der Waals surface area contributed by atoms with E-state index in [1.54, 1.807) is 17.0 Å². The summed E-state index contributed by atoms with van der Waals surface area (Å²) < 4.78 is 0. The Balaban J connectivity index is 2.76. The third kappa shape index (κ3) is 4.40. The largest absolute Gasteiger partial charge is 0.395 e. The van der Waals surface area contributed by atoms with Crippen LogP contribution in [0.1, 0.15) is 30.1 Å². The molecular weight excluding hydrogens is 234 g/mol. The minimum absolute atomic E-state index is 0.00395. The Kier molecular flexibility index (Phi) is 6.08. The first-order valence-corrected chi connectivity index (χ1v) is 6.33. The van der Waals surface area contributed by atoms with Crippen LogP contribution in [0.25, 0.3) is 0 Å². The Bertz CT molecular complexity index is 368. The van der Waals surface area contributed by atoms with Crippen molar-refractivity contribution in [1.82, 2.24) is 4.90 Å². The quantitative estimate of drug-likeness (QED) is 0.763. The number of nitrogens with zero attached hydrogens (tertiary/aromatic N) is 1. The van der Waals surface area contributed by atoms with E-state index in [-0.39, 0.29) is 12.5 Å². The van der Waals surface area contributed by atoms with Gasteiger partial charge in [0.15, 0.2) is 0 Å². The second-order valence-electron chi connectivity index (χ2n) is 3.92. The predicted molar refractivity (Wildman–Crippen MR) is 71.6 cm³/mol. The van der Waals surface area contributed by atoms with Gasteiger partial charge in [-0.2, -0.15) is 0 Å². The van der Waals surface area contributed by atoms with Crippen LogP contribution in [-0.2, 0) is 0 Å². The topological polar surface area (TPSA) is 40.5 Å². The summed E-state index contributed by atoms with van der Waals surface area (Å²) in [5, 5.41) is 8.98. The lowest BCUT2D eigenvalue weighted by Crippen LogP contribution is -2.34. The fourth-order valence-electron chi connectivity index (χ4n) is 1.61. The molecule has 0 atom stereocenters. The van der Waals surface area contributed by atoms with Crippen LogP contribution in [0, 0.1) is 0 Å². The number of benzene rings is 1. The maximum atomic E-state index is 12.2. The fraction of sp³-hybridized carbons (Fsp3) is 0.462. The molecule has 0 aromatic heterocycles. The van der Waals surface area contributed by atoms with Gasteiger partial charge in [-0.1, -0.05) is 19.4 Å². The van der Waals surface area contributed by atoms with E-state index < -0.39 is 0 Å². The summed E-state index contributed by atoms with van der Waals surface area (Å²) in [7, 11) is 0. The zero-order valence-corrected chi connectivity index (χ0v) is 11.0. The molecule has 0 aliphatic heterocycles. The summed E-state index contributed by atoms with van der Waals surface area (Å²) in [5.41, 5.74) is 0.627. The number of carbonyl (C=O) groups is 1. The molecule has 0 fully saturated rings. The first-order chi connectivity index (χ1) is 8.19. The van der Waals surface area contributed by atoms with Crippen LogP contribution in [-0.4, -0.2) is 35.6 Å². The van der Waals surface area contributed by atoms with Gasteiger partial charge in [-0.25, -0.2) is 0 Å². The molecule has 0 saturated heterocycles. The van der Waals surface area contributed by atoms with Gasteiger partial charge in [0.1, 0.15) is 0 Å². The highest BCUT2D eigenvalue weighted by molar-refractivity contribution is 7.80. The molecule has 0 spiro atoms. The number of aliphatic hydroxyl groups is 1. The smallest absolute Gasteiger partial charge is 0.253 e. The van der Waals surface area contributed by atoms with Crippen LogP contribution in [0.15, 0.2) is 29.2 Å². The Labute approximate surface area is 108 Å². The number of aliphatic hydroxyl groups excluding tert-OH is 1. The van der Waals surface area contributed by atoms with Crippen molar-refractivity contribution < 1.29 is 9.90 Å². The Hall–Kier alpha value is -1.00. The maximum Gasteiger partial charge on any atom is 0.253 e. The standard InChI is InChI=1S/C13H19NO2S/c1-2-3-7-14(8-9-15)13(16)11-5-4-6-12(17)10-11/h4-6,10,15,17H,2-3,7-9H2,1H3. The minimum Gasteiger partial charge on any atom is -0.395 e. The zero-order valence-electron chi connectivity index (χ0n) is 10.1. The minimum atomic E-state index is -0.0385. The molecule has 0 heterocycles. The van der Waals surface area contributed by atoms with Gasteiger partial charge in [0.05, 0.1) is 6.61 Å². The van der Waals surface area contributed by atoms with Gasteiger partial charge in [0, 0.05) is 23.5 Å². The molecular formula is C13H19NO2S. The average molecular weight is 253 g/mol. The monoisotopic (exact) mass is 253 g/mol. The van der Waals surface area contributed by atoms with Gasteiger partial charge in [0.2, 0.25) is 0 Å². The van der Waals surface area contributed by atoms with Gasteiger partial charge in [-0.05, 0) is 24.6 Å². The van der Waals surface area contributed by atoms with E-state index in [0.717, 1.165) is 17.7 Å². The van der Waals surface area contributed by atoms with Crippen LogP contribution < -0.4 is 0 Å². The van der Waals surface area contributed by atoms with E-state index in [1.807, 2.05) is 12.1 Å². The highest BCUT2D eigenvalue weighted by atomic mass is 32.1. The van der Waals surface area contributed by atoms with Crippen LogP contribution in [0.2, 0.25) is 0 Å². The second-order valence-corrected chi connectivity index (χ2v) is 4.44. The van der Waals surface area contributed by atoms with Crippen LogP contribution in [0.4, 0.5) is 0 Å². The van der Waals surface area contributed by atoms with E-state index in [2.05, 4.69) is 19.6 Å². The Morgan fingerprint density at radius 2 is 2.18 bits per heavy atom. The second kappa shape index (κ2) is 7.35. The highest BCUT2D eigenvalue weighted by Gasteiger charge is 2.14. The van der Waals surface area contributed by atoms with Crippen LogP contribution in [0.3, 0.4) is 0 Å². The van der Waals surface area contributed by atoms with E-state index in [0.29, 0.717) is 18.7 Å². The zero-order chi connectivity index (χ0) is 12.7. The number of hydrogen-bond acceptors (Lipinski definition) is 3. The van der Waals surface area contributed by atoms with Gasteiger partial charge in [-0.3, -0.25) is 4.79 Å². The Morgan fingerprint density at radius 1 is 1.41 bits per heavy atom. The van der Waals surface area contributed by atoms with E-state index >= 15 is 0 Å². The summed E-state index contributed by atoms with van der Waals surface area (Å²) in [5.74, 6) is -0.0385. The van der Waals surface area contributed by atoms with Crippen molar-refractivity contribution in [3.63, 3.8) is 0 Å². The van der Waals surface area contributed by atoms with Crippen molar-refractivity contribution in [2.24, 2.45) is 0 Å². The van der Waals surface area contributed by atoms with Crippen molar-refractivity contribution in [1.29, 1.82) is 0 Å². The molecule has 0 unspecified atom stereocenters. The van der Waals surface area contributed by atoms with Gasteiger partial charge in [-0.15, -0.1) is 12.6 Å². The molecule has 0 aliphatic rings. The number of unbranched alkanes of at least 4 members (excludes halogenated alkanes) is 1.